The molecule has 0 fully saturated rings. The highest BCUT2D eigenvalue weighted by Crippen LogP contribution is 2.06. The summed E-state index contributed by atoms with van der Waals surface area (Å²) in [6.45, 7) is 1.65. The zero-order chi connectivity index (χ0) is 5.33. The average Bonchev–Trinajstić information content (AvgIpc) is 1.84. The lowest BCUT2D eigenvalue weighted by molar-refractivity contribution is 0.519. The van der Waals surface area contributed by atoms with Gasteiger partial charge in [-0.25, -0.2) is 4.99 Å². The van der Waals surface area contributed by atoms with E-state index in [1.807, 2.05) is 0 Å². The van der Waals surface area contributed by atoms with Crippen molar-refractivity contribution in [2.45, 2.75) is 12.7 Å². The van der Waals surface area contributed by atoms with Crippen LogP contribution in [0.5, 0.6) is 0 Å². The van der Waals surface area contributed by atoms with Crippen molar-refractivity contribution >= 4 is 6.34 Å². The molecule has 0 saturated carbocycles. The Morgan fingerprint density at radius 3 is 2.57 bits per heavy atom. The summed E-state index contributed by atoms with van der Waals surface area (Å²) in [6.07, 6.45) is 2.27. The van der Waals surface area contributed by atoms with E-state index in [1.165, 1.54) is 0 Å². The Morgan fingerprint density at radius 1 is 1.71 bits per heavy atom. The number of nitrogens with zero attached hydrogens (tertiary/aromatic N) is 3. The van der Waals surface area contributed by atoms with E-state index in [-0.39, 0.29) is 0 Å². The second kappa shape index (κ2) is 1.10. The molecule has 0 aliphatic carbocycles. The fourth-order valence-corrected chi connectivity index (χ4v) is 0.270. The zero-order valence-corrected chi connectivity index (χ0v) is 3.92. The topological polar surface area (TPSA) is 63.1 Å². The third-order valence-corrected chi connectivity index (χ3v) is 0.574. The average molecular weight is 97.1 g/mol. The van der Waals surface area contributed by atoms with E-state index < -0.39 is 5.79 Å². The number of azo groups is 1. The fourth-order valence-electron chi connectivity index (χ4n) is 0.270. The van der Waals surface area contributed by atoms with Crippen molar-refractivity contribution in [2.24, 2.45) is 21.0 Å². The lowest BCUT2D eigenvalue weighted by Gasteiger charge is -2.03. The smallest absolute Gasteiger partial charge is 0.221 e. The number of hydrogen-bond acceptors (Lipinski definition) is 4. The van der Waals surface area contributed by atoms with Gasteiger partial charge in [0.25, 0.3) is 0 Å². The van der Waals surface area contributed by atoms with Crippen molar-refractivity contribution in [2.75, 3.05) is 0 Å². The van der Waals surface area contributed by atoms with Gasteiger partial charge in [-0.1, -0.05) is 0 Å². The predicted octanol–water partition coefficient (Wildman–Crippen LogP) is -0.0101. The molecular weight excluding hydrogens is 92.1 g/mol. The maximum atomic E-state index is 5.29. The van der Waals surface area contributed by atoms with Crippen LogP contribution in [0.25, 0.3) is 0 Å². The van der Waals surface area contributed by atoms with Crippen molar-refractivity contribution < 1.29 is 0 Å². The van der Waals surface area contributed by atoms with Crippen LogP contribution >= 0.6 is 0 Å². The molecule has 0 aromatic rings. The van der Waals surface area contributed by atoms with Crippen LogP contribution in [0, 0.1) is 0 Å². The van der Waals surface area contributed by atoms with Crippen LogP contribution in [0.1, 0.15) is 6.92 Å². The highest BCUT2D eigenvalue weighted by atomic mass is 15.4. The van der Waals surface area contributed by atoms with Gasteiger partial charge in [0.2, 0.25) is 12.1 Å². The summed E-state index contributed by atoms with van der Waals surface area (Å²) >= 11 is 0. The van der Waals surface area contributed by atoms with Crippen LogP contribution in [0.2, 0.25) is 0 Å². The molecule has 0 amide bonds. The van der Waals surface area contributed by atoms with Crippen LogP contribution < -0.4 is 5.73 Å². The summed E-state index contributed by atoms with van der Waals surface area (Å²) in [5.74, 6) is -0.833. The van der Waals surface area contributed by atoms with E-state index in [0.717, 1.165) is 0 Å². The van der Waals surface area contributed by atoms with Crippen molar-refractivity contribution in [3.8, 4) is 0 Å². The third kappa shape index (κ3) is 0.806. The molecule has 2 N–H and O–H groups in total. The van der Waals surface area contributed by atoms with Crippen LogP contribution in [-0.2, 0) is 0 Å². The summed E-state index contributed by atoms with van der Waals surface area (Å²) in [7, 11) is 0. The van der Waals surface area contributed by atoms with Crippen molar-refractivity contribution in [3.63, 3.8) is 0 Å². The molecule has 1 atom stereocenters. The lowest BCUT2D eigenvalue weighted by atomic mass is 10.5. The van der Waals surface area contributed by atoms with Crippen molar-refractivity contribution in [1.82, 2.24) is 0 Å². The summed E-state index contributed by atoms with van der Waals surface area (Å²) in [6, 6.07) is 0. The van der Waals surface area contributed by atoms with Gasteiger partial charge in [0.1, 0.15) is 0 Å². The Balaban J connectivity index is 2.77. The molecule has 1 unspecified atom stereocenters. The van der Waals surface area contributed by atoms with Crippen LogP contribution in [0.15, 0.2) is 15.2 Å². The Labute approximate surface area is 41.1 Å². The molecule has 1 heterocycles. The summed E-state index contributed by atoms with van der Waals surface area (Å²) in [4.78, 5) is 3.56. The molecule has 1 radical (unpaired) electrons. The van der Waals surface area contributed by atoms with E-state index in [2.05, 4.69) is 21.6 Å². The molecule has 0 spiro atoms. The van der Waals surface area contributed by atoms with E-state index in [9.17, 15) is 0 Å². The van der Waals surface area contributed by atoms with Gasteiger partial charge in [-0.2, -0.15) is 0 Å². The van der Waals surface area contributed by atoms with E-state index in [1.54, 1.807) is 6.92 Å². The van der Waals surface area contributed by atoms with Gasteiger partial charge in [-0.05, 0) is 6.92 Å². The standard InChI is InChI=1S/C3H5N4/c1-3(4)5-2-6-7-3/h4H2,1H3. The first kappa shape index (κ1) is 4.39. The molecule has 4 nitrogen and oxygen atoms in total. The largest absolute Gasteiger partial charge is 0.287 e. The molecule has 1 aliphatic heterocycles. The van der Waals surface area contributed by atoms with Crippen molar-refractivity contribution in [3.05, 3.63) is 0 Å². The molecule has 4 heteroatoms. The van der Waals surface area contributed by atoms with Gasteiger partial charge in [0.05, 0.1) is 0 Å². The molecule has 0 saturated heterocycles. The second-order valence-corrected chi connectivity index (χ2v) is 1.51. The van der Waals surface area contributed by atoms with Gasteiger partial charge in [-0.3, -0.25) is 5.73 Å². The summed E-state index contributed by atoms with van der Waals surface area (Å²) in [5, 5.41) is 6.81. The van der Waals surface area contributed by atoms with E-state index in [0.29, 0.717) is 0 Å². The van der Waals surface area contributed by atoms with Crippen LogP contribution in [0.4, 0.5) is 0 Å². The normalized spacial score (nSPS) is 37.4. The Kier molecular flexibility index (Phi) is 0.689. The molecule has 7 heavy (non-hydrogen) atoms. The molecule has 1 aliphatic rings. The number of rotatable bonds is 0. The molecular formula is C3H5N4. The molecule has 1 rings (SSSR count). The van der Waals surface area contributed by atoms with Gasteiger partial charge in [0.15, 0.2) is 0 Å². The number of aliphatic imine (C=N–C) groups is 1. The van der Waals surface area contributed by atoms with Gasteiger partial charge >= 0.3 is 0 Å². The van der Waals surface area contributed by atoms with E-state index in [4.69, 9.17) is 5.73 Å². The number of hydrogen-bond donors (Lipinski definition) is 1. The monoisotopic (exact) mass is 97.1 g/mol. The van der Waals surface area contributed by atoms with Crippen LogP contribution in [0.3, 0.4) is 0 Å². The van der Waals surface area contributed by atoms with Gasteiger partial charge in [-0.15, -0.1) is 10.2 Å². The minimum Gasteiger partial charge on any atom is -0.287 e. The minimum atomic E-state index is -0.833. The SMILES string of the molecule is CC1(N)N=[C]N=N1. The molecule has 0 bridgehead atoms. The third-order valence-electron chi connectivity index (χ3n) is 0.574. The fraction of sp³-hybridized carbons (Fsp3) is 0.667. The first-order chi connectivity index (χ1) is 3.21. The van der Waals surface area contributed by atoms with Gasteiger partial charge in [0, 0.05) is 0 Å². The van der Waals surface area contributed by atoms with E-state index >= 15 is 0 Å². The Bertz CT molecular complexity index is 109. The first-order valence-corrected chi connectivity index (χ1v) is 1.88. The molecule has 0 aromatic carbocycles. The maximum absolute atomic E-state index is 5.29. The number of nitrogens with two attached hydrogens (primary N) is 1. The molecule has 37 valence electrons. The Hall–Kier alpha value is -0.770. The first-order valence-electron chi connectivity index (χ1n) is 1.88. The summed E-state index contributed by atoms with van der Waals surface area (Å²) in [5.41, 5.74) is 5.29. The van der Waals surface area contributed by atoms with Crippen LogP contribution in [-0.4, -0.2) is 12.1 Å². The second-order valence-electron chi connectivity index (χ2n) is 1.51. The minimum absolute atomic E-state index is 0.833. The quantitative estimate of drug-likeness (QED) is 0.454. The maximum Gasteiger partial charge on any atom is 0.221 e. The summed E-state index contributed by atoms with van der Waals surface area (Å²) < 4.78 is 0. The Morgan fingerprint density at radius 2 is 2.43 bits per heavy atom. The van der Waals surface area contributed by atoms with Gasteiger partial charge < -0.3 is 0 Å². The highest BCUT2D eigenvalue weighted by molar-refractivity contribution is 5.56. The van der Waals surface area contributed by atoms with Crippen molar-refractivity contribution in [1.29, 1.82) is 0 Å². The lowest BCUT2D eigenvalue weighted by Crippen LogP contribution is -2.28. The predicted molar refractivity (Wildman–Crippen MR) is 24.9 cm³/mol. The zero-order valence-electron chi connectivity index (χ0n) is 3.92. The highest BCUT2D eigenvalue weighted by Gasteiger charge is 2.16. The molecule has 0 aromatic heterocycles.